The summed E-state index contributed by atoms with van der Waals surface area (Å²) in [5.41, 5.74) is 0.326. The summed E-state index contributed by atoms with van der Waals surface area (Å²) in [6.07, 6.45) is -0.497. The molecule has 0 amide bonds. The highest BCUT2D eigenvalue weighted by atomic mass is 32.2. The number of nitriles is 2. The summed E-state index contributed by atoms with van der Waals surface area (Å²) in [5, 5.41) is 17.6. The van der Waals surface area contributed by atoms with E-state index in [1.165, 1.54) is 12.1 Å². The van der Waals surface area contributed by atoms with Gasteiger partial charge in [-0.3, -0.25) is 4.90 Å². The smallest absolute Gasteiger partial charge is 0.179 e. The minimum atomic E-state index is -3.43. The van der Waals surface area contributed by atoms with Crippen molar-refractivity contribution in [2.75, 3.05) is 32.0 Å². The number of morpholine rings is 1. The highest BCUT2D eigenvalue weighted by Gasteiger charge is 2.22. The van der Waals surface area contributed by atoms with Crippen molar-refractivity contribution in [2.24, 2.45) is 0 Å². The number of hydrogen-bond acceptors (Lipinski definition) is 6. The van der Waals surface area contributed by atoms with Crippen LogP contribution < -0.4 is 0 Å². The average Bonchev–Trinajstić information content (AvgIpc) is 2.53. The molecule has 1 unspecified atom stereocenters. The number of ether oxygens (including phenoxy) is 1. The topological polar surface area (TPSA) is 94.2 Å². The Labute approximate surface area is 124 Å². The van der Waals surface area contributed by atoms with Crippen LogP contribution in [-0.4, -0.2) is 51.4 Å². The highest BCUT2D eigenvalue weighted by molar-refractivity contribution is 7.91. The first-order valence-corrected chi connectivity index (χ1v) is 8.17. The third kappa shape index (κ3) is 4.02. The molecule has 6 nitrogen and oxygen atoms in total. The molecule has 0 aromatic heterocycles. The predicted molar refractivity (Wildman–Crippen MR) is 75.0 cm³/mol. The van der Waals surface area contributed by atoms with Crippen LogP contribution in [0.1, 0.15) is 5.56 Å². The Hall–Kier alpha value is -1.93. The first kappa shape index (κ1) is 15.5. The van der Waals surface area contributed by atoms with Gasteiger partial charge in [0.05, 0.1) is 35.0 Å². The van der Waals surface area contributed by atoms with Crippen molar-refractivity contribution in [3.63, 3.8) is 0 Å². The molecule has 1 aromatic carbocycles. The SMILES string of the molecule is N#Cc1cccc(S(=O)(=O)CCN2CCOC(C#N)C2)c1. The van der Waals surface area contributed by atoms with Gasteiger partial charge in [-0.1, -0.05) is 6.07 Å². The average molecular weight is 305 g/mol. The van der Waals surface area contributed by atoms with Gasteiger partial charge in [-0.2, -0.15) is 10.5 Å². The molecule has 1 aromatic rings. The zero-order chi connectivity index (χ0) is 15.3. The van der Waals surface area contributed by atoms with Crippen molar-refractivity contribution in [2.45, 2.75) is 11.0 Å². The first-order valence-electron chi connectivity index (χ1n) is 6.51. The predicted octanol–water partition coefficient (Wildman–Crippen LogP) is 0.556. The standard InChI is InChI=1S/C14H15N3O3S/c15-9-12-2-1-3-14(8-12)21(18,19)7-5-17-4-6-20-13(10-16)11-17/h1-3,8,13H,4-7,11H2. The van der Waals surface area contributed by atoms with Crippen LogP contribution in [0.3, 0.4) is 0 Å². The van der Waals surface area contributed by atoms with Crippen molar-refractivity contribution in [1.82, 2.24) is 4.90 Å². The second-order valence-electron chi connectivity index (χ2n) is 4.75. The Bertz CT molecular complexity index is 688. The van der Waals surface area contributed by atoms with E-state index in [9.17, 15) is 8.42 Å². The van der Waals surface area contributed by atoms with Crippen molar-refractivity contribution >= 4 is 9.84 Å². The first-order chi connectivity index (χ1) is 10.0. The molecule has 21 heavy (non-hydrogen) atoms. The summed E-state index contributed by atoms with van der Waals surface area (Å²) in [7, 11) is -3.43. The monoisotopic (exact) mass is 305 g/mol. The zero-order valence-electron chi connectivity index (χ0n) is 11.4. The quantitative estimate of drug-likeness (QED) is 0.806. The van der Waals surface area contributed by atoms with E-state index < -0.39 is 15.9 Å². The van der Waals surface area contributed by atoms with Crippen molar-refractivity contribution in [1.29, 1.82) is 10.5 Å². The lowest BCUT2D eigenvalue weighted by molar-refractivity contribution is 0.00297. The molecule has 2 rings (SSSR count). The zero-order valence-corrected chi connectivity index (χ0v) is 12.2. The van der Waals surface area contributed by atoms with Gasteiger partial charge < -0.3 is 4.74 Å². The van der Waals surface area contributed by atoms with E-state index in [1.807, 2.05) is 17.0 Å². The molecule has 0 spiro atoms. The fourth-order valence-corrected chi connectivity index (χ4v) is 3.44. The number of benzene rings is 1. The van der Waals surface area contributed by atoms with E-state index in [0.717, 1.165) is 0 Å². The molecule has 0 bridgehead atoms. The van der Waals surface area contributed by atoms with E-state index in [4.69, 9.17) is 15.3 Å². The molecule has 110 valence electrons. The molecule has 1 atom stereocenters. The van der Waals surface area contributed by atoms with E-state index >= 15 is 0 Å². The van der Waals surface area contributed by atoms with Crippen LogP contribution in [0, 0.1) is 22.7 Å². The molecule has 1 aliphatic heterocycles. The maximum atomic E-state index is 12.3. The van der Waals surface area contributed by atoms with Gasteiger partial charge in [-0.05, 0) is 18.2 Å². The lowest BCUT2D eigenvalue weighted by Gasteiger charge is -2.29. The molecular formula is C14H15N3O3S. The minimum absolute atomic E-state index is 0.0416. The van der Waals surface area contributed by atoms with E-state index in [-0.39, 0.29) is 10.6 Å². The highest BCUT2D eigenvalue weighted by Crippen LogP contribution is 2.14. The molecule has 0 saturated carbocycles. The molecule has 1 saturated heterocycles. The van der Waals surface area contributed by atoms with Gasteiger partial charge in [0.25, 0.3) is 0 Å². The maximum absolute atomic E-state index is 12.3. The Kier molecular flexibility index (Phi) is 4.92. The Balaban J connectivity index is 2.01. The van der Waals surface area contributed by atoms with Gasteiger partial charge >= 0.3 is 0 Å². The summed E-state index contributed by atoms with van der Waals surface area (Å²) >= 11 is 0. The van der Waals surface area contributed by atoms with E-state index in [2.05, 4.69) is 0 Å². The summed E-state index contributed by atoms with van der Waals surface area (Å²) in [4.78, 5) is 2.06. The second-order valence-corrected chi connectivity index (χ2v) is 6.86. The van der Waals surface area contributed by atoms with Crippen molar-refractivity contribution in [3.05, 3.63) is 29.8 Å². The lowest BCUT2D eigenvalue weighted by Crippen LogP contribution is -2.43. The number of sulfone groups is 1. The van der Waals surface area contributed by atoms with Crippen LogP contribution in [0.5, 0.6) is 0 Å². The van der Waals surface area contributed by atoms with Gasteiger partial charge in [0, 0.05) is 19.6 Å². The maximum Gasteiger partial charge on any atom is 0.179 e. The van der Waals surface area contributed by atoms with Crippen molar-refractivity contribution in [3.8, 4) is 12.1 Å². The van der Waals surface area contributed by atoms with Gasteiger partial charge in [-0.25, -0.2) is 8.42 Å². The summed E-state index contributed by atoms with van der Waals surface area (Å²) < 4.78 is 29.7. The van der Waals surface area contributed by atoms with Crippen molar-refractivity contribution < 1.29 is 13.2 Å². The van der Waals surface area contributed by atoms with Gasteiger partial charge in [0.2, 0.25) is 0 Å². The third-order valence-electron chi connectivity index (χ3n) is 3.29. The summed E-state index contributed by atoms with van der Waals surface area (Å²) in [5.74, 6) is -0.0416. The van der Waals surface area contributed by atoms with Crippen LogP contribution >= 0.6 is 0 Å². The van der Waals surface area contributed by atoms with Crippen LogP contribution in [0.2, 0.25) is 0 Å². The van der Waals surface area contributed by atoms with Gasteiger partial charge in [-0.15, -0.1) is 0 Å². The largest absolute Gasteiger partial charge is 0.361 e. The fourth-order valence-electron chi connectivity index (χ4n) is 2.11. The molecule has 1 aliphatic rings. The van der Waals surface area contributed by atoms with E-state index in [1.54, 1.807) is 12.1 Å². The Morgan fingerprint density at radius 2 is 2.19 bits per heavy atom. The van der Waals surface area contributed by atoms with Crippen LogP contribution in [-0.2, 0) is 14.6 Å². The normalized spacial score (nSPS) is 19.6. The third-order valence-corrected chi connectivity index (χ3v) is 4.99. The van der Waals surface area contributed by atoms with Gasteiger partial charge in [0.15, 0.2) is 15.9 Å². The number of rotatable bonds is 4. The number of hydrogen-bond donors (Lipinski definition) is 0. The molecule has 0 N–H and O–H groups in total. The van der Waals surface area contributed by atoms with E-state index in [0.29, 0.717) is 31.8 Å². The Morgan fingerprint density at radius 1 is 1.38 bits per heavy atom. The summed E-state index contributed by atoms with van der Waals surface area (Å²) in [6.45, 7) is 1.82. The summed E-state index contributed by atoms with van der Waals surface area (Å²) in [6, 6.07) is 9.96. The minimum Gasteiger partial charge on any atom is -0.361 e. The van der Waals surface area contributed by atoms with Crippen LogP contribution in [0.25, 0.3) is 0 Å². The molecule has 0 aliphatic carbocycles. The second kappa shape index (κ2) is 6.68. The Morgan fingerprint density at radius 3 is 2.90 bits per heavy atom. The lowest BCUT2D eigenvalue weighted by atomic mass is 10.2. The van der Waals surface area contributed by atoms with Gasteiger partial charge in [0.1, 0.15) is 0 Å². The number of nitrogens with zero attached hydrogens (tertiary/aromatic N) is 3. The molecular weight excluding hydrogens is 290 g/mol. The molecule has 0 radical (unpaired) electrons. The fraction of sp³-hybridized carbons (Fsp3) is 0.429. The molecule has 7 heteroatoms. The molecule has 1 heterocycles. The van der Waals surface area contributed by atoms with Crippen LogP contribution in [0.15, 0.2) is 29.2 Å². The molecule has 1 fully saturated rings. The van der Waals surface area contributed by atoms with Crippen LogP contribution in [0.4, 0.5) is 0 Å².